The minimum Gasteiger partial charge on any atom is -0.366 e. The summed E-state index contributed by atoms with van der Waals surface area (Å²) in [6.45, 7) is 2.76. The van der Waals surface area contributed by atoms with E-state index in [4.69, 9.17) is 0 Å². The number of para-hydroxylation sites is 1. The van der Waals surface area contributed by atoms with Crippen molar-refractivity contribution in [3.05, 3.63) is 47.5 Å². The fourth-order valence-corrected chi connectivity index (χ4v) is 2.39. The molecular weight excluding hydrogens is 248 g/mol. The maximum Gasteiger partial charge on any atom is 0.128 e. The van der Waals surface area contributed by atoms with Gasteiger partial charge in [0.1, 0.15) is 5.82 Å². The number of aromatic nitrogens is 1. The Labute approximate surface area is 118 Å². The second-order valence-electron chi connectivity index (χ2n) is 4.85. The number of benzene rings is 1. The number of hydrogen-bond donors (Lipinski definition) is 2. The molecule has 1 aliphatic heterocycles. The number of pyridine rings is 1. The average molecular weight is 264 g/mol. The fraction of sp³-hybridized carbons (Fsp3) is 0.250. The molecule has 1 aliphatic rings. The molecule has 20 heavy (non-hydrogen) atoms. The van der Waals surface area contributed by atoms with E-state index in [0.717, 1.165) is 42.8 Å². The minimum atomic E-state index is 0.664. The summed E-state index contributed by atoms with van der Waals surface area (Å²) in [6.07, 6.45) is 3.27. The molecule has 3 rings (SSSR count). The van der Waals surface area contributed by atoms with Crippen LogP contribution >= 0.6 is 0 Å². The van der Waals surface area contributed by atoms with E-state index < -0.39 is 0 Å². The van der Waals surface area contributed by atoms with Crippen LogP contribution in [0.3, 0.4) is 0 Å². The molecule has 0 saturated heterocycles. The van der Waals surface area contributed by atoms with Gasteiger partial charge in [0, 0.05) is 18.5 Å². The maximum absolute atomic E-state index is 9.25. The van der Waals surface area contributed by atoms with Crippen LogP contribution in [0, 0.1) is 11.3 Å². The summed E-state index contributed by atoms with van der Waals surface area (Å²) in [5, 5.41) is 16.8. The van der Waals surface area contributed by atoms with Gasteiger partial charge in [-0.05, 0) is 25.1 Å². The van der Waals surface area contributed by atoms with Gasteiger partial charge in [-0.3, -0.25) is 0 Å². The molecule has 4 nitrogen and oxygen atoms in total. The Morgan fingerprint density at radius 2 is 2.25 bits per heavy atom. The first-order chi connectivity index (χ1) is 9.86. The third kappa shape index (κ3) is 2.63. The molecule has 0 atom stereocenters. The van der Waals surface area contributed by atoms with E-state index in [2.05, 4.69) is 27.8 Å². The first-order valence-corrected chi connectivity index (χ1v) is 6.79. The quantitative estimate of drug-likeness (QED) is 0.836. The van der Waals surface area contributed by atoms with Crippen molar-refractivity contribution in [1.29, 1.82) is 5.26 Å². The zero-order valence-corrected chi connectivity index (χ0v) is 11.2. The average Bonchev–Trinajstić information content (AvgIpc) is 2.53. The number of rotatable bonds is 3. The highest BCUT2D eigenvalue weighted by Crippen LogP contribution is 2.20. The number of nitrogens with one attached hydrogen (secondary N) is 2. The van der Waals surface area contributed by atoms with Gasteiger partial charge < -0.3 is 10.6 Å². The molecule has 1 aromatic carbocycles. The maximum atomic E-state index is 9.25. The molecule has 0 saturated carbocycles. The van der Waals surface area contributed by atoms with Gasteiger partial charge >= 0.3 is 0 Å². The van der Waals surface area contributed by atoms with Gasteiger partial charge in [0.25, 0.3) is 0 Å². The molecule has 2 N–H and O–H groups in total. The second-order valence-corrected chi connectivity index (χ2v) is 4.85. The van der Waals surface area contributed by atoms with E-state index in [-0.39, 0.29) is 0 Å². The van der Waals surface area contributed by atoms with Gasteiger partial charge in [-0.2, -0.15) is 5.26 Å². The highest BCUT2D eigenvalue weighted by atomic mass is 15.0. The summed E-state index contributed by atoms with van der Waals surface area (Å²) in [5.74, 6) is 0.764. The molecule has 0 radical (unpaired) electrons. The van der Waals surface area contributed by atoms with Crippen molar-refractivity contribution in [3.63, 3.8) is 0 Å². The highest BCUT2D eigenvalue weighted by Gasteiger charge is 2.06. The SMILES string of the molecule is N#Cc1cc(NCC2=CCNCC2)nc2ccccc12. The van der Waals surface area contributed by atoms with Crippen LogP contribution < -0.4 is 10.6 Å². The van der Waals surface area contributed by atoms with Crippen LogP contribution in [0.15, 0.2) is 42.0 Å². The van der Waals surface area contributed by atoms with Crippen molar-refractivity contribution in [2.75, 3.05) is 25.0 Å². The third-order valence-electron chi connectivity index (χ3n) is 3.49. The highest BCUT2D eigenvalue weighted by molar-refractivity contribution is 5.86. The zero-order chi connectivity index (χ0) is 13.8. The van der Waals surface area contributed by atoms with Crippen LogP contribution in [0.2, 0.25) is 0 Å². The van der Waals surface area contributed by atoms with Gasteiger partial charge in [0.15, 0.2) is 0 Å². The standard InChI is InChI=1S/C16H16N4/c17-10-13-9-16(19-11-12-5-7-18-8-6-12)20-15-4-2-1-3-14(13)15/h1-5,9,18H,6-8,11H2,(H,19,20). The smallest absolute Gasteiger partial charge is 0.128 e. The first kappa shape index (κ1) is 12.6. The number of fused-ring (bicyclic) bond motifs is 1. The number of nitrogens with zero attached hydrogens (tertiary/aromatic N) is 2. The predicted molar refractivity (Wildman–Crippen MR) is 80.5 cm³/mol. The van der Waals surface area contributed by atoms with Gasteiger partial charge in [-0.1, -0.05) is 29.8 Å². The van der Waals surface area contributed by atoms with Crippen molar-refractivity contribution in [1.82, 2.24) is 10.3 Å². The Morgan fingerprint density at radius 3 is 3.05 bits per heavy atom. The second kappa shape index (κ2) is 5.72. The van der Waals surface area contributed by atoms with E-state index in [0.29, 0.717) is 5.56 Å². The van der Waals surface area contributed by atoms with E-state index >= 15 is 0 Å². The summed E-state index contributed by atoms with van der Waals surface area (Å²) >= 11 is 0. The number of anilines is 1. The molecule has 4 heteroatoms. The largest absolute Gasteiger partial charge is 0.366 e. The van der Waals surface area contributed by atoms with E-state index in [9.17, 15) is 5.26 Å². The Hall–Kier alpha value is -2.38. The van der Waals surface area contributed by atoms with E-state index in [1.54, 1.807) is 0 Å². The van der Waals surface area contributed by atoms with Crippen LogP contribution in [-0.2, 0) is 0 Å². The van der Waals surface area contributed by atoms with Gasteiger partial charge in [0.2, 0.25) is 0 Å². The molecule has 0 bridgehead atoms. The molecule has 2 heterocycles. The third-order valence-corrected chi connectivity index (χ3v) is 3.49. The summed E-state index contributed by atoms with van der Waals surface area (Å²) in [6, 6.07) is 11.8. The van der Waals surface area contributed by atoms with Gasteiger partial charge in [-0.15, -0.1) is 0 Å². The molecule has 0 fully saturated rings. The molecule has 0 amide bonds. The normalized spacial score (nSPS) is 14.7. The van der Waals surface area contributed by atoms with Crippen LogP contribution in [0.4, 0.5) is 5.82 Å². The predicted octanol–water partition coefficient (Wildman–Crippen LogP) is 2.44. The van der Waals surface area contributed by atoms with Gasteiger partial charge in [0.05, 0.1) is 17.1 Å². The fourth-order valence-electron chi connectivity index (χ4n) is 2.39. The zero-order valence-electron chi connectivity index (χ0n) is 11.2. The van der Waals surface area contributed by atoms with E-state index in [1.807, 2.05) is 30.3 Å². The van der Waals surface area contributed by atoms with Gasteiger partial charge in [-0.25, -0.2) is 4.98 Å². The van der Waals surface area contributed by atoms with Crippen LogP contribution in [0.5, 0.6) is 0 Å². The number of hydrogen-bond acceptors (Lipinski definition) is 4. The lowest BCUT2D eigenvalue weighted by Crippen LogP contribution is -2.23. The molecule has 1 aromatic heterocycles. The Kier molecular flexibility index (Phi) is 3.62. The lowest BCUT2D eigenvalue weighted by Gasteiger charge is -2.15. The Morgan fingerprint density at radius 1 is 1.35 bits per heavy atom. The molecule has 0 unspecified atom stereocenters. The van der Waals surface area contributed by atoms with Crippen molar-refractivity contribution < 1.29 is 0 Å². The Balaban J connectivity index is 1.85. The van der Waals surface area contributed by atoms with Crippen molar-refractivity contribution in [2.45, 2.75) is 6.42 Å². The van der Waals surface area contributed by atoms with Crippen molar-refractivity contribution in [2.24, 2.45) is 0 Å². The summed E-state index contributed by atoms with van der Waals surface area (Å²) in [7, 11) is 0. The molecule has 0 spiro atoms. The molecule has 100 valence electrons. The topological polar surface area (TPSA) is 60.7 Å². The Bertz CT molecular complexity index is 697. The summed E-state index contributed by atoms with van der Waals surface area (Å²) in [5.41, 5.74) is 2.91. The lowest BCUT2D eigenvalue weighted by molar-refractivity contribution is 0.698. The first-order valence-electron chi connectivity index (χ1n) is 6.79. The van der Waals surface area contributed by atoms with Crippen LogP contribution in [0.1, 0.15) is 12.0 Å². The lowest BCUT2D eigenvalue weighted by atomic mass is 10.1. The molecular formula is C16H16N4. The molecule has 2 aromatic rings. The monoisotopic (exact) mass is 264 g/mol. The van der Waals surface area contributed by atoms with Crippen LogP contribution in [0.25, 0.3) is 10.9 Å². The van der Waals surface area contributed by atoms with Crippen molar-refractivity contribution in [3.8, 4) is 6.07 Å². The van der Waals surface area contributed by atoms with Crippen LogP contribution in [-0.4, -0.2) is 24.6 Å². The van der Waals surface area contributed by atoms with Crippen molar-refractivity contribution >= 4 is 16.7 Å². The molecule has 0 aliphatic carbocycles. The summed E-state index contributed by atoms with van der Waals surface area (Å²) in [4.78, 5) is 4.56. The van der Waals surface area contributed by atoms with E-state index in [1.165, 1.54) is 5.57 Å². The minimum absolute atomic E-state index is 0.664. The summed E-state index contributed by atoms with van der Waals surface area (Å²) < 4.78 is 0. The number of nitriles is 1.